The second-order valence-corrected chi connectivity index (χ2v) is 5.35. The molecule has 15 heavy (non-hydrogen) atoms. The minimum Gasteiger partial charge on any atom is -0.340 e. The fourth-order valence-corrected chi connectivity index (χ4v) is 2.52. The summed E-state index contributed by atoms with van der Waals surface area (Å²) >= 11 is 12.9. The molecule has 0 spiro atoms. The van der Waals surface area contributed by atoms with Gasteiger partial charge in [-0.1, -0.05) is 23.2 Å². The van der Waals surface area contributed by atoms with Crippen molar-refractivity contribution < 1.29 is 4.79 Å². The Morgan fingerprint density at radius 1 is 1.60 bits per heavy atom. The first-order chi connectivity index (χ1) is 7.06. The summed E-state index contributed by atoms with van der Waals surface area (Å²) in [7, 11) is 3.58. The van der Waals surface area contributed by atoms with Gasteiger partial charge in [-0.05, 0) is 13.1 Å². The van der Waals surface area contributed by atoms with E-state index in [4.69, 9.17) is 23.2 Å². The second kappa shape index (κ2) is 5.70. The Morgan fingerprint density at radius 2 is 2.27 bits per heavy atom. The Labute approximate surface area is 103 Å². The Morgan fingerprint density at radius 3 is 2.73 bits per heavy atom. The molecule has 84 valence electrons. The lowest BCUT2D eigenvalue weighted by Gasteiger charge is -2.16. The van der Waals surface area contributed by atoms with Crippen LogP contribution in [0, 0.1) is 0 Å². The highest BCUT2D eigenvalue weighted by Crippen LogP contribution is 2.31. The third-order valence-corrected chi connectivity index (χ3v) is 3.42. The van der Waals surface area contributed by atoms with Gasteiger partial charge in [0.05, 0.1) is 9.90 Å². The van der Waals surface area contributed by atoms with E-state index >= 15 is 0 Å². The van der Waals surface area contributed by atoms with Crippen LogP contribution in [0.5, 0.6) is 0 Å². The Kier molecular flexibility index (Phi) is 4.86. The summed E-state index contributed by atoms with van der Waals surface area (Å²) < 4.78 is 0.978. The zero-order valence-electron chi connectivity index (χ0n) is 8.51. The van der Waals surface area contributed by atoms with Crippen LogP contribution >= 0.6 is 34.5 Å². The minimum atomic E-state index is -0.0987. The molecule has 0 aromatic carbocycles. The molecule has 0 saturated heterocycles. The molecule has 0 unspecified atom stereocenters. The fraction of sp³-hybridized carbons (Fsp3) is 0.444. The lowest BCUT2D eigenvalue weighted by molar-refractivity contribution is 0.0797. The molecule has 1 heterocycles. The largest absolute Gasteiger partial charge is 0.340 e. The quantitative estimate of drug-likeness (QED) is 0.908. The highest BCUT2D eigenvalue weighted by molar-refractivity contribution is 7.20. The number of likely N-dealkylation sites (N-methyl/N-ethyl adjacent to an activating group) is 2. The molecule has 1 aromatic heterocycles. The van der Waals surface area contributed by atoms with Crippen molar-refractivity contribution in [1.29, 1.82) is 0 Å². The summed E-state index contributed by atoms with van der Waals surface area (Å²) in [5.41, 5.74) is 0.477. The summed E-state index contributed by atoms with van der Waals surface area (Å²) in [6, 6.07) is 1.60. The molecular weight excluding hydrogens is 255 g/mol. The third-order valence-electron chi connectivity index (χ3n) is 1.93. The van der Waals surface area contributed by atoms with E-state index in [0.717, 1.165) is 6.54 Å². The number of rotatable bonds is 4. The average Bonchev–Trinajstić information content (AvgIpc) is 2.53. The van der Waals surface area contributed by atoms with Crippen LogP contribution in [-0.4, -0.2) is 38.0 Å². The van der Waals surface area contributed by atoms with Gasteiger partial charge in [0.2, 0.25) is 0 Å². The summed E-state index contributed by atoms with van der Waals surface area (Å²) in [5, 5.41) is 2.97. The summed E-state index contributed by atoms with van der Waals surface area (Å²) in [6.07, 6.45) is 0. The molecule has 0 saturated carbocycles. The number of thiophene rings is 1. The van der Waals surface area contributed by atoms with Gasteiger partial charge in [0, 0.05) is 20.1 Å². The van der Waals surface area contributed by atoms with Crippen LogP contribution in [0.3, 0.4) is 0 Å². The van der Waals surface area contributed by atoms with Crippen LogP contribution < -0.4 is 5.32 Å². The van der Waals surface area contributed by atoms with E-state index in [9.17, 15) is 4.79 Å². The minimum absolute atomic E-state index is 0.0987. The molecule has 3 nitrogen and oxygen atoms in total. The van der Waals surface area contributed by atoms with Gasteiger partial charge in [0.25, 0.3) is 5.91 Å². The molecule has 0 bridgehead atoms. The maximum absolute atomic E-state index is 11.8. The molecule has 1 rings (SSSR count). The molecule has 0 radical (unpaired) electrons. The van der Waals surface area contributed by atoms with Gasteiger partial charge in [0.15, 0.2) is 0 Å². The number of halogens is 2. The Bertz CT molecular complexity index is 354. The maximum Gasteiger partial charge on any atom is 0.256 e. The van der Waals surface area contributed by atoms with E-state index in [1.165, 1.54) is 11.3 Å². The number of nitrogens with one attached hydrogen (secondary N) is 1. The van der Waals surface area contributed by atoms with Crippen molar-refractivity contribution in [3.63, 3.8) is 0 Å². The second-order valence-electron chi connectivity index (χ2n) is 3.07. The predicted molar refractivity (Wildman–Crippen MR) is 65.2 cm³/mol. The van der Waals surface area contributed by atoms with E-state index in [2.05, 4.69) is 5.32 Å². The summed E-state index contributed by atoms with van der Waals surface area (Å²) in [5.74, 6) is -0.0987. The van der Waals surface area contributed by atoms with Crippen molar-refractivity contribution in [2.75, 3.05) is 27.2 Å². The Balaban J connectivity index is 2.71. The molecule has 1 amide bonds. The molecule has 0 aliphatic rings. The summed E-state index contributed by atoms with van der Waals surface area (Å²) in [6.45, 7) is 1.39. The van der Waals surface area contributed by atoms with Crippen molar-refractivity contribution in [3.05, 3.63) is 20.3 Å². The van der Waals surface area contributed by atoms with Crippen LogP contribution in [0.25, 0.3) is 0 Å². The molecule has 0 atom stereocenters. The molecule has 0 aliphatic heterocycles. The van der Waals surface area contributed by atoms with Crippen molar-refractivity contribution in [2.24, 2.45) is 0 Å². The number of carbonyl (C=O) groups is 1. The first-order valence-electron chi connectivity index (χ1n) is 4.41. The standard InChI is InChI=1S/C9H12Cl2N2OS/c1-12-3-4-13(2)9(14)6-5-7(10)15-8(6)11/h5,12H,3-4H2,1-2H3. The molecule has 0 aliphatic carbocycles. The highest BCUT2D eigenvalue weighted by Gasteiger charge is 2.17. The Hall–Kier alpha value is -0.290. The van der Waals surface area contributed by atoms with Crippen molar-refractivity contribution >= 4 is 40.4 Å². The van der Waals surface area contributed by atoms with Gasteiger partial charge >= 0.3 is 0 Å². The zero-order valence-corrected chi connectivity index (χ0v) is 10.8. The van der Waals surface area contributed by atoms with Gasteiger partial charge < -0.3 is 10.2 Å². The van der Waals surface area contributed by atoms with E-state index in [0.29, 0.717) is 20.8 Å². The lowest BCUT2D eigenvalue weighted by atomic mass is 10.3. The first-order valence-corrected chi connectivity index (χ1v) is 5.98. The monoisotopic (exact) mass is 266 g/mol. The van der Waals surface area contributed by atoms with Gasteiger partial charge in [-0.2, -0.15) is 0 Å². The van der Waals surface area contributed by atoms with Crippen molar-refractivity contribution in [1.82, 2.24) is 10.2 Å². The molecule has 1 aromatic rings. The van der Waals surface area contributed by atoms with E-state index < -0.39 is 0 Å². The highest BCUT2D eigenvalue weighted by atomic mass is 35.5. The number of hydrogen-bond donors (Lipinski definition) is 1. The molecule has 0 fully saturated rings. The van der Waals surface area contributed by atoms with Gasteiger partial charge in [-0.25, -0.2) is 0 Å². The maximum atomic E-state index is 11.8. The van der Waals surface area contributed by atoms with Crippen LogP contribution in [0.15, 0.2) is 6.07 Å². The average molecular weight is 267 g/mol. The van der Waals surface area contributed by atoms with Crippen LogP contribution in [0.2, 0.25) is 8.67 Å². The van der Waals surface area contributed by atoms with Gasteiger partial charge in [-0.3, -0.25) is 4.79 Å². The van der Waals surface area contributed by atoms with Crippen molar-refractivity contribution in [2.45, 2.75) is 0 Å². The normalized spacial score (nSPS) is 10.4. The van der Waals surface area contributed by atoms with Crippen molar-refractivity contribution in [3.8, 4) is 0 Å². The third kappa shape index (κ3) is 3.34. The van der Waals surface area contributed by atoms with E-state index in [-0.39, 0.29) is 5.91 Å². The smallest absolute Gasteiger partial charge is 0.256 e. The van der Waals surface area contributed by atoms with E-state index in [1.54, 1.807) is 18.0 Å². The van der Waals surface area contributed by atoms with Crippen LogP contribution in [0.4, 0.5) is 0 Å². The predicted octanol–water partition coefficient (Wildman–Crippen LogP) is 2.35. The number of hydrogen-bond acceptors (Lipinski definition) is 3. The summed E-state index contributed by atoms with van der Waals surface area (Å²) in [4.78, 5) is 13.5. The van der Waals surface area contributed by atoms with Gasteiger partial charge in [0.1, 0.15) is 4.34 Å². The number of nitrogens with zero attached hydrogens (tertiary/aromatic N) is 1. The first kappa shape index (κ1) is 12.8. The van der Waals surface area contributed by atoms with E-state index in [1.807, 2.05) is 7.05 Å². The molecule has 6 heteroatoms. The SMILES string of the molecule is CNCCN(C)C(=O)c1cc(Cl)sc1Cl. The van der Waals surface area contributed by atoms with Crippen LogP contribution in [0.1, 0.15) is 10.4 Å². The number of amides is 1. The van der Waals surface area contributed by atoms with Crippen LogP contribution in [-0.2, 0) is 0 Å². The lowest BCUT2D eigenvalue weighted by Crippen LogP contribution is -2.32. The molecular formula is C9H12Cl2N2OS. The fourth-order valence-electron chi connectivity index (χ4n) is 1.07. The molecule has 1 N–H and O–H groups in total. The topological polar surface area (TPSA) is 32.3 Å². The number of carbonyl (C=O) groups excluding carboxylic acids is 1. The van der Waals surface area contributed by atoms with Gasteiger partial charge in [-0.15, -0.1) is 11.3 Å². The zero-order chi connectivity index (χ0) is 11.4.